The number of pyridine rings is 2. The Hall–Kier alpha value is -3.57. The van der Waals surface area contributed by atoms with Crippen LogP contribution in [-0.2, 0) is 22.0 Å². The van der Waals surface area contributed by atoms with E-state index in [0.29, 0.717) is 34.8 Å². The van der Waals surface area contributed by atoms with Crippen LogP contribution < -0.4 is 15.4 Å². The maximum atomic E-state index is 11.3. The van der Waals surface area contributed by atoms with Gasteiger partial charge in [-0.05, 0) is 17.9 Å². The first-order valence-corrected chi connectivity index (χ1v) is 12.6. The summed E-state index contributed by atoms with van der Waals surface area (Å²) in [6, 6.07) is 5.25. The number of aryl methyl sites for hydroxylation is 1. The fourth-order valence-corrected chi connectivity index (χ4v) is 5.22. The van der Waals surface area contributed by atoms with Gasteiger partial charge in [-0.25, -0.2) is 15.0 Å². The molecule has 4 aromatic heterocycles. The van der Waals surface area contributed by atoms with E-state index >= 15 is 0 Å². The van der Waals surface area contributed by atoms with Gasteiger partial charge in [-0.2, -0.15) is 4.98 Å². The van der Waals surface area contributed by atoms with E-state index in [4.69, 9.17) is 14.5 Å². The molecular formula is C25H29N7O3S. The van der Waals surface area contributed by atoms with Crippen LogP contribution in [0.2, 0.25) is 0 Å². The van der Waals surface area contributed by atoms with Crippen LogP contribution in [0.3, 0.4) is 0 Å². The molecule has 36 heavy (non-hydrogen) atoms. The maximum absolute atomic E-state index is 11.3. The molecule has 1 aliphatic heterocycles. The van der Waals surface area contributed by atoms with Gasteiger partial charge in [0.25, 0.3) is 0 Å². The highest BCUT2D eigenvalue weighted by Crippen LogP contribution is 2.40. The Balaban J connectivity index is 1.40. The highest BCUT2D eigenvalue weighted by atomic mass is 32.1. The molecule has 0 radical (unpaired) electrons. The van der Waals surface area contributed by atoms with E-state index in [-0.39, 0.29) is 11.3 Å². The molecule has 5 rings (SSSR count). The Bertz CT molecular complexity index is 1420. The summed E-state index contributed by atoms with van der Waals surface area (Å²) >= 11 is 1.67. The van der Waals surface area contributed by atoms with Crippen molar-refractivity contribution < 1.29 is 14.3 Å². The molecule has 1 fully saturated rings. The molecule has 0 spiro atoms. The summed E-state index contributed by atoms with van der Waals surface area (Å²) in [6.45, 7) is 9.57. The summed E-state index contributed by atoms with van der Waals surface area (Å²) in [7, 11) is 1.93. The molecule has 1 unspecified atom stereocenters. The predicted molar refractivity (Wildman–Crippen MR) is 139 cm³/mol. The van der Waals surface area contributed by atoms with E-state index in [9.17, 15) is 4.79 Å². The number of imidazole rings is 1. The molecule has 0 saturated carbocycles. The second kappa shape index (κ2) is 9.47. The minimum atomic E-state index is -0.198. The van der Waals surface area contributed by atoms with Crippen molar-refractivity contribution in [1.82, 2.24) is 24.5 Å². The van der Waals surface area contributed by atoms with E-state index in [1.807, 2.05) is 17.7 Å². The summed E-state index contributed by atoms with van der Waals surface area (Å²) in [5, 5.41) is 6.86. The van der Waals surface area contributed by atoms with E-state index in [0.717, 1.165) is 36.0 Å². The lowest BCUT2D eigenvalue weighted by Gasteiger charge is -2.19. The quantitative estimate of drug-likeness (QED) is 0.370. The van der Waals surface area contributed by atoms with Gasteiger partial charge in [0, 0.05) is 49.7 Å². The molecule has 1 saturated heterocycles. The van der Waals surface area contributed by atoms with E-state index in [1.54, 1.807) is 35.9 Å². The van der Waals surface area contributed by atoms with Gasteiger partial charge in [-0.1, -0.05) is 20.8 Å². The fraction of sp³-hybridized carbons (Fsp3) is 0.400. The normalized spacial score (nSPS) is 15.9. The van der Waals surface area contributed by atoms with Gasteiger partial charge in [0.05, 0.1) is 24.0 Å². The number of ether oxygens (including phenoxy) is 2. The molecule has 1 atom stereocenters. The Morgan fingerprint density at radius 2 is 2.06 bits per heavy atom. The standard InChI is InChI=1S/C25H29N7O3S/c1-14(33)28-19-11-16(6-8-26-19)35-17-10-18-22(27-12-17)30-23(32(18)5)31-24-29-20(15-7-9-34-13-15)21(36-24)25(2,3)4/h6,8,10-12,15H,7,9,13H2,1-5H3,(H,26,28,33)(H,27,29,30,31). The smallest absolute Gasteiger partial charge is 0.222 e. The van der Waals surface area contributed by atoms with E-state index in [1.165, 1.54) is 11.8 Å². The van der Waals surface area contributed by atoms with Gasteiger partial charge in [0.15, 0.2) is 10.8 Å². The van der Waals surface area contributed by atoms with Crippen LogP contribution in [0.4, 0.5) is 16.9 Å². The van der Waals surface area contributed by atoms with Gasteiger partial charge >= 0.3 is 0 Å². The van der Waals surface area contributed by atoms with Crippen molar-refractivity contribution in [3.05, 3.63) is 41.2 Å². The number of thiazole rings is 1. The Kier molecular flexibility index (Phi) is 6.35. The van der Waals surface area contributed by atoms with Crippen molar-refractivity contribution in [2.45, 2.75) is 45.4 Å². The topological polar surface area (TPSA) is 116 Å². The fourth-order valence-electron chi connectivity index (χ4n) is 4.12. The lowest BCUT2D eigenvalue weighted by Crippen LogP contribution is -2.14. The largest absolute Gasteiger partial charge is 0.455 e. The molecule has 5 heterocycles. The highest BCUT2D eigenvalue weighted by Gasteiger charge is 2.30. The average molecular weight is 508 g/mol. The number of anilines is 3. The number of carbonyl (C=O) groups excluding carboxylic acids is 1. The Morgan fingerprint density at radius 3 is 2.78 bits per heavy atom. The second-order valence-corrected chi connectivity index (χ2v) is 10.8. The minimum absolute atomic E-state index is 0.0115. The van der Waals surface area contributed by atoms with Crippen LogP contribution in [0.5, 0.6) is 11.5 Å². The van der Waals surface area contributed by atoms with Crippen LogP contribution in [0.1, 0.15) is 50.6 Å². The summed E-state index contributed by atoms with van der Waals surface area (Å²) in [4.78, 5) is 30.8. The second-order valence-electron chi connectivity index (χ2n) is 9.84. The molecule has 0 aliphatic carbocycles. The highest BCUT2D eigenvalue weighted by molar-refractivity contribution is 7.16. The third-order valence-electron chi connectivity index (χ3n) is 5.85. The first-order valence-electron chi connectivity index (χ1n) is 11.8. The third kappa shape index (κ3) is 5.02. The number of rotatable bonds is 6. The first-order chi connectivity index (χ1) is 17.2. The number of hydrogen-bond acceptors (Lipinski definition) is 9. The molecule has 1 amide bonds. The SMILES string of the molecule is CC(=O)Nc1cc(Oc2cnc3nc(Nc4nc(C5CCOC5)c(C(C)(C)C)s4)n(C)c3c2)ccn1. The van der Waals surface area contributed by atoms with Gasteiger partial charge in [0.2, 0.25) is 11.9 Å². The van der Waals surface area contributed by atoms with Crippen molar-refractivity contribution >= 4 is 45.3 Å². The zero-order valence-electron chi connectivity index (χ0n) is 21.0. The van der Waals surface area contributed by atoms with Crippen LogP contribution in [0, 0.1) is 0 Å². The van der Waals surface area contributed by atoms with E-state index < -0.39 is 0 Å². The minimum Gasteiger partial charge on any atom is -0.455 e. The van der Waals surface area contributed by atoms with Crippen molar-refractivity contribution in [1.29, 1.82) is 0 Å². The van der Waals surface area contributed by atoms with Crippen LogP contribution in [0.15, 0.2) is 30.6 Å². The lowest BCUT2D eigenvalue weighted by molar-refractivity contribution is -0.114. The molecule has 10 nitrogen and oxygen atoms in total. The predicted octanol–water partition coefficient (Wildman–Crippen LogP) is 5.12. The van der Waals surface area contributed by atoms with Gasteiger partial charge in [-0.15, -0.1) is 11.3 Å². The Labute approximate surface area is 213 Å². The van der Waals surface area contributed by atoms with Gasteiger partial charge in [-0.3, -0.25) is 4.79 Å². The molecule has 188 valence electrons. The summed E-state index contributed by atoms with van der Waals surface area (Å²) in [5.41, 5.74) is 2.51. The van der Waals surface area contributed by atoms with Crippen molar-refractivity contribution in [3.63, 3.8) is 0 Å². The van der Waals surface area contributed by atoms with Gasteiger partial charge < -0.3 is 24.7 Å². The monoisotopic (exact) mass is 507 g/mol. The van der Waals surface area contributed by atoms with Gasteiger partial charge in [0.1, 0.15) is 17.3 Å². The van der Waals surface area contributed by atoms with Crippen LogP contribution in [-0.4, -0.2) is 43.6 Å². The summed E-state index contributed by atoms with van der Waals surface area (Å²) in [5.74, 6) is 2.28. The zero-order valence-corrected chi connectivity index (χ0v) is 21.8. The van der Waals surface area contributed by atoms with Crippen molar-refractivity contribution in [3.8, 4) is 11.5 Å². The Morgan fingerprint density at radius 1 is 1.22 bits per heavy atom. The first kappa shape index (κ1) is 24.1. The summed E-state index contributed by atoms with van der Waals surface area (Å²) in [6.07, 6.45) is 4.19. The molecule has 0 aromatic carbocycles. The summed E-state index contributed by atoms with van der Waals surface area (Å²) < 4.78 is 13.5. The van der Waals surface area contributed by atoms with E-state index in [2.05, 4.69) is 46.4 Å². The number of nitrogens with zero attached hydrogens (tertiary/aromatic N) is 5. The average Bonchev–Trinajstić information content (AvgIpc) is 3.54. The van der Waals surface area contributed by atoms with Crippen molar-refractivity contribution in [2.24, 2.45) is 7.05 Å². The van der Waals surface area contributed by atoms with Crippen LogP contribution in [0.25, 0.3) is 11.2 Å². The molecule has 4 aromatic rings. The number of hydrogen-bond donors (Lipinski definition) is 2. The number of fused-ring (bicyclic) bond motifs is 1. The lowest BCUT2D eigenvalue weighted by atomic mass is 9.89. The third-order valence-corrected chi connectivity index (χ3v) is 7.27. The maximum Gasteiger partial charge on any atom is 0.222 e. The molecule has 2 N–H and O–H groups in total. The van der Waals surface area contributed by atoms with Crippen LogP contribution >= 0.6 is 11.3 Å². The molecule has 0 bridgehead atoms. The number of aromatic nitrogens is 5. The number of nitrogens with one attached hydrogen (secondary N) is 2. The zero-order chi connectivity index (χ0) is 25.4. The number of amides is 1. The molecule has 1 aliphatic rings. The molecular weight excluding hydrogens is 478 g/mol. The molecule has 11 heteroatoms. The number of carbonyl (C=O) groups is 1. The van der Waals surface area contributed by atoms with Crippen molar-refractivity contribution in [2.75, 3.05) is 23.8 Å².